The zero-order chi connectivity index (χ0) is 32.9. The number of fused-ring (bicyclic) bond motifs is 9. The second kappa shape index (κ2) is 10.1. The molecule has 0 atom stereocenters. The Kier molecular flexibility index (Phi) is 5.77. The van der Waals surface area contributed by atoms with Crippen molar-refractivity contribution in [3.8, 4) is 28.6 Å². The molecule has 0 saturated heterocycles. The molecule has 0 unspecified atom stereocenters. The molecule has 5 heteroatoms. The quantitative estimate of drug-likeness (QED) is 0.194. The van der Waals surface area contributed by atoms with Crippen LogP contribution < -0.4 is 4.74 Å². The average Bonchev–Trinajstić information content (AvgIpc) is 3.76. The van der Waals surface area contributed by atoms with Crippen LogP contribution in [0.1, 0.15) is 26.3 Å². The van der Waals surface area contributed by atoms with Crippen molar-refractivity contribution in [2.75, 3.05) is 0 Å². The summed E-state index contributed by atoms with van der Waals surface area (Å²) in [6, 6.07) is 44.8. The predicted octanol–water partition coefficient (Wildman–Crippen LogP) is 11.5. The summed E-state index contributed by atoms with van der Waals surface area (Å²) in [5, 5.41) is 7.31. The van der Waals surface area contributed by atoms with Gasteiger partial charge in [0.25, 0.3) is 0 Å². The third kappa shape index (κ3) is 4.12. The molecule has 0 bridgehead atoms. The van der Waals surface area contributed by atoms with Gasteiger partial charge in [-0.05, 0) is 65.6 Å². The number of nitrogens with zero attached hydrogens (tertiary/aromatic N) is 4. The molecule has 0 spiro atoms. The molecule has 0 aliphatic heterocycles. The van der Waals surface area contributed by atoms with Gasteiger partial charge in [0.05, 0.1) is 33.3 Å². The molecule has 0 radical (unpaired) electrons. The third-order valence-electron chi connectivity index (χ3n) is 9.96. The summed E-state index contributed by atoms with van der Waals surface area (Å²) in [5.74, 6) is 2.41. The van der Waals surface area contributed by atoms with Gasteiger partial charge in [-0.1, -0.05) is 87.5 Å². The van der Waals surface area contributed by atoms with Crippen molar-refractivity contribution >= 4 is 59.9 Å². The van der Waals surface area contributed by atoms with Gasteiger partial charge >= 0.3 is 0 Å². The molecular formula is C44H32N4O. The van der Waals surface area contributed by atoms with Crippen LogP contribution in [0.5, 0.6) is 11.5 Å². The molecule has 0 fully saturated rings. The Hall–Kier alpha value is -6.20. The van der Waals surface area contributed by atoms with Crippen molar-refractivity contribution in [3.63, 3.8) is 0 Å². The number of hydrogen-bond acceptors (Lipinski definition) is 3. The van der Waals surface area contributed by atoms with Gasteiger partial charge in [-0.3, -0.25) is 9.55 Å². The van der Waals surface area contributed by atoms with Crippen LogP contribution in [-0.4, -0.2) is 18.9 Å². The minimum absolute atomic E-state index is 0.00666. The Morgan fingerprint density at radius 1 is 0.510 bits per heavy atom. The normalized spacial score (nSPS) is 12.4. The van der Waals surface area contributed by atoms with Crippen LogP contribution in [-0.2, 0) is 5.41 Å². The SMILES string of the molecule is CC(C)(C)c1ccnc(-n2c3ccccc3c3ccc(Oc4cccc(-c5nccc6c7cccc8c9ccccc9n(c56)c87)c4)cc32)c1. The lowest BCUT2D eigenvalue weighted by atomic mass is 9.88. The van der Waals surface area contributed by atoms with E-state index >= 15 is 0 Å². The molecule has 0 N–H and O–H groups in total. The molecule has 0 amide bonds. The lowest BCUT2D eigenvalue weighted by Gasteiger charge is -2.20. The lowest BCUT2D eigenvalue weighted by molar-refractivity contribution is 0.483. The van der Waals surface area contributed by atoms with E-state index in [9.17, 15) is 0 Å². The van der Waals surface area contributed by atoms with Gasteiger partial charge in [0.2, 0.25) is 0 Å². The molecule has 10 rings (SSSR count). The van der Waals surface area contributed by atoms with Gasteiger partial charge in [0.1, 0.15) is 17.3 Å². The first-order chi connectivity index (χ1) is 23.9. The number of benzene rings is 5. The topological polar surface area (TPSA) is 44.3 Å². The molecule has 5 aromatic heterocycles. The molecule has 0 aliphatic carbocycles. The van der Waals surface area contributed by atoms with Crippen LogP contribution in [0, 0.1) is 0 Å². The third-order valence-corrected chi connectivity index (χ3v) is 9.96. The van der Waals surface area contributed by atoms with Crippen LogP contribution in [0.3, 0.4) is 0 Å². The highest BCUT2D eigenvalue weighted by Crippen LogP contribution is 2.42. The maximum absolute atomic E-state index is 6.64. The Morgan fingerprint density at radius 2 is 1.16 bits per heavy atom. The van der Waals surface area contributed by atoms with Crippen LogP contribution >= 0.6 is 0 Å². The number of pyridine rings is 2. The zero-order valence-corrected chi connectivity index (χ0v) is 27.5. The molecule has 5 aromatic carbocycles. The maximum atomic E-state index is 6.64. The molecule has 5 nitrogen and oxygen atoms in total. The van der Waals surface area contributed by atoms with Crippen LogP contribution in [0.15, 0.2) is 140 Å². The summed E-state index contributed by atoms with van der Waals surface area (Å²) in [7, 11) is 0. The van der Waals surface area contributed by atoms with E-state index in [1.54, 1.807) is 0 Å². The first kappa shape index (κ1) is 27.9. The zero-order valence-electron chi connectivity index (χ0n) is 27.5. The number of hydrogen-bond donors (Lipinski definition) is 0. The van der Waals surface area contributed by atoms with Crippen LogP contribution in [0.4, 0.5) is 0 Å². The fourth-order valence-corrected chi connectivity index (χ4v) is 7.69. The van der Waals surface area contributed by atoms with Crippen molar-refractivity contribution < 1.29 is 4.74 Å². The van der Waals surface area contributed by atoms with Gasteiger partial charge in [-0.2, -0.15) is 0 Å². The van der Waals surface area contributed by atoms with Gasteiger partial charge in [-0.25, -0.2) is 4.98 Å². The Bertz CT molecular complexity index is 2910. The Labute approximate surface area is 283 Å². The van der Waals surface area contributed by atoms with E-state index in [1.807, 2.05) is 18.5 Å². The molecule has 49 heavy (non-hydrogen) atoms. The van der Waals surface area contributed by atoms with Crippen LogP contribution in [0.2, 0.25) is 0 Å². The largest absolute Gasteiger partial charge is 0.457 e. The van der Waals surface area contributed by atoms with Crippen molar-refractivity contribution in [1.82, 2.24) is 18.9 Å². The Balaban J connectivity index is 1.11. The number of rotatable bonds is 4. The Morgan fingerprint density at radius 3 is 2.00 bits per heavy atom. The average molecular weight is 633 g/mol. The predicted molar refractivity (Wildman–Crippen MR) is 202 cm³/mol. The van der Waals surface area contributed by atoms with Gasteiger partial charge in [0, 0.05) is 56.3 Å². The van der Waals surface area contributed by atoms with E-state index in [1.165, 1.54) is 43.5 Å². The minimum atomic E-state index is 0.00666. The summed E-state index contributed by atoms with van der Waals surface area (Å²) in [6.07, 6.45) is 3.83. The van der Waals surface area contributed by atoms with E-state index in [4.69, 9.17) is 14.7 Å². The van der Waals surface area contributed by atoms with Crippen LogP contribution in [0.25, 0.3) is 77.0 Å². The fraction of sp³-hybridized carbons (Fsp3) is 0.0909. The highest BCUT2D eigenvalue weighted by atomic mass is 16.5. The molecule has 10 aromatic rings. The van der Waals surface area contributed by atoms with Crippen molar-refractivity contribution in [2.45, 2.75) is 26.2 Å². The van der Waals surface area contributed by atoms with Gasteiger partial charge in [0.15, 0.2) is 0 Å². The van der Waals surface area contributed by atoms with E-state index in [2.05, 4.69) is 151 Å². The summed E-state index contributed by atoms with van der Waals surface area (Å²) in [5.41, 5.74) is 8.90. The second-order valence-electron chi connectivity index (χ2n) is 13.9. The molecule has 5 heterocycles. The van der Waals surface area contributed by atoms with Crippen molar-refractivity contribution in [2.24, 2.45) is 0 Å². The maximum Gasteiger partial charge on any atom is 0.137 e. The van der Waals surface area contributed by atoms with Gasteiger partial charge < -0.3 is 9.14 Å². The summed E-state index contributed by atoms with van der Waals surface area (Å²) in [6.45, 7) is 6.70. The molecule has 0 saturated carbocycles. The second-order valence-corrected chi connectivity index (χ2v) is 13.9. The molecule has 234 valence electrons. The van der Waals surface area contributed by atoms with E-state index in [0.717, 1.165) is 50.5 Å². The smallest absolute Gasteiger partial charge is 0.137 e. The molecule has 0 aliphatic rings. The number of para-hydroxylation sites is 3. The monoisotopic (exact) mass is 632 g/mol. The molecular weight excluding hydrogens is 601 g/mol. The highest BCUT2D eigenvalue weighted by Gasteiger charge is 2.21. The van der Waals surface area contributed by atoms with Crippen molar-refractivity contribution in [1.29, 1.82) is 0 Å². The van der Waals surface area contributed by atoms with E-state index in [-0.39, 0.29) is 5.41 Å². The number of aromatic nitrogens is 4. The number of ether oxygens (including phenoxy) is 1. The lowest BCUT2D eigenvalue weighted by Crippen LogP contribution is -2.12. The summed E-state index contributed by atoms with van der Waals surface area (Å²) in [4.78, 5) is 9.81. The van der Waals surface area contributed by atoms with E-state index < -0.39 is 0 Å². The highest BCUT2D eigenvalue weighted by molar-refractivity contribution is 6.24. The van der Waals surface area contributed by atoms with E-state index in [0.29, 0.717) is 0 Å². The first-order valence-electron chi connectivity index (χ1n) is 16.7. The minimum Gasteiger partial charge on any atom is -0.457 e. The van der Waals surface area contributed by atoms with Crippen molar-refractivity contribution in [3.05, 3.63) is 145 Å². The summed E-state index contributed by atoms with van der Waals surface area (Å²) >= 11 is 0. The first-order valence-corrected chi connectivity index (χ1v) is 16.7. The standard InChI is InChI=1S/C44H32N4O/c1-44(2,3)28-20-22-45-40(25-28)47-37-16-6-4-12-31(37)33-19-18-30(26-39(33)47)49-29-11-8-10-27(24-29)41-43-36(21-23-46-41)35-15-9-14-34-32-13-5-7-17-38(32)48(43)42(34)35/h4-26H,1-3H3. The van der Waals surface area contributed by atoms with Gasteiger partial charge in [-0.15, -0.1) is 0 Å². The fourth-order valence-electron chi connectivity index (χ4n) is 7.69. The summed E-state index contributed by atoms with van der Waals surface area (Å²) < 4.78 is 11.3.